The molecule has 0 radical (unpaired) electrons. The van der Waals surface area contributed by atoms with Crippen LogP contribution in [0.5, 0.6) is 23.0 Å². The van der Waals surface area contributed by atoms with Crippen LogP contribution in [0.3, 0.4) is 0 Å². The molecule has 0 atom stereocenters. The molecule has 0 bridgehead atoms. The quantitative estimate of drug-likeness (QED) is 0.711. The van der Waals surface area contributed by atoms with E-state index in [9.17, 15) is 18.0 Å². The van der Waals surface area contributed by atoms with Gasteiger partial charge in [0, 0.05) is 12.1 Å². The van der Waals surface area contributed by atoms with Crippen LogP contribution in [0.15, 0.2) is 36.4 Å². The van der Waals surface area contributed by atoms with Crippen LogP contribution in [-0.4, -0.2) is 24.9 Å². The summed E-state index contributed by atoms with van der Waals surface area (Å²) in [4.78, 5) is 12.1. The number of rotatable bonds is 3. The monoisotopic (exact) mass is 411 g/mol. The van der Waals surface area contributed by atoms with E-state index in [1.807, 2.05) is 0 Å². The minimum Gasteiger partial charge on any atom is -0.486 e. The van der Waals surface area contributed by atoms with Crippen LogP contribution in [0.25, 0.3) is 0 Å². The number of alkyl halides is 3. The Morgan fingerprint density at radius 2 is 1.66 bits per heavy atom. The lowest BCUT2D eigenvalue weighted by atomic mass is 10.2. The molecule has 1 N–H and O–H groups in total. The Bertz CT molecular complexity index is 889. The third kappa shape index (κ3) is 5.46. The third-order valence-electron chi connectivity index (χ3n) is 3.67. The van der Waals surface area contributed by atoms with Gasteiger partial charge in [0.1, 0.15) is 30.3 Å². The molecule has 0 aromatic heterocycles. The Hall–Kier alpha value is -3.10. The average Bonchev–Trinajstić information content (AvgIpc) is 2.60. The van der Waals surface area contributed by atoms with Crippen LogP contribution in [0.1, 0.15) is 26.3 Å². The van der Waals surface area contributed by atoms with Crippen molar-refractivity contribution in [3.63, 3.8) is 0 Å². The van der Waals surface area contributed by atoms with Gasteiger partial charge < -0.3 is 18.9 Å². The average molecular weight is 411 g/mol. The zero-order valence-corrected chi connectivity index (χ0v) is 16.1. The minimum absolute atomic E-state index is 0.192. The molecule has 0 fully saturated rings. The van der Waals surface area contributed by atoms with E-state index >= 15 is 0 Å². The van der Waals surface area contributed by atoms with Gasteiger partial charge in [-0.15, -0.1) is 0 Å². The molecular weight excluding hydrogens is 391 g/mol. The van der Waals surface area contributed by atoms with Gasteiger partial charge in [0.05, 0.1) is 11.3 Å². The summed E-state index contributed by atoms with van der Waals surface area (Å²) in [7, 11) is 0. The normalized spacial score (nSPS) is 13.6. The number of carbonyl (C=O) groups is 1. The number of hydrogen-bond donors (Lipinski definition) is 1. The van der Waals surface area contributed by atoms with E-state index in [0.29, 0.717) is 24.7 Å². The third-order valence-corrected chi connectivity index (χ3v) is 3.67. The van der Waals surface area contributed by atoms with Gasteiger partial charge >= 0.3 is 12.3 Å². The van der Waals surface area contributed by atoms with E-state index in [-0.39, 0.29) is 17.2 Å². The van der Waals surface area contributed by atoms with E-state index in [0.717, 1.165) is 12.1 Å². The molecule has 0 unspecified atom stereocenters. The summed E-state index contributed by atoms with van der Waals surface area (Å²) >= 11 is 0. The van der Waals surface area contributed by atoms with Gasteiger partial charge in [0.2, 0.25) is 0 Å². The maximum atomic E-state index is 12.7. The number of fused-ring (bicyclic) bond motifs is 1. The molecule has 1 aliphatic rings. The molecule has 9 heteroatoms. The van der Waals surface area contributed by atoms with Gasteiger partial charge in [-0.1, -0.05) is 0 Å². The Kier molecular flexibility index (Phi) is 5.50. The topological polar surface area (TPSA) is 66.0 Å². The first-order valence-corrected chi connectivity index (χ1v) is 8.80. The van der Waals surface area contributed by atoms with Crippen molar-refractivity contribution in [2.75, 3.05) is 18.5 Å². The number of nitrogens with one attached hydrogen (secondary N) is 1. The standard InChI is InChI=1S/C20H20F3NO5/c1-19(2,3)29-18(25)24-15-10-14(11-16-17(15)27-9-8-26-16)28-13-6-4-12(5-7-13)20(21,22)23/h4-7,10-11H,8-9H2,1-3H3,(H,24,25). The number of anilines is 1. The largest absolute Gasteiger partial charge is 0.486 e. The molecule has 1 heterocycles. The second-order valence-electron chi connectivity index (χ2n) is 7.25. The molecular formula is C20H20F3NO5. The van der Waals surface area contributed by atoms with Crippen molar-refractivity contribution in [2.45, 2.75) is 32.5 Å². The van der Waals surface area contributed by atoms with E-state index in [2.05, 4.69) is 5.32 Å². The molecule has 0 aliphatic carbocycles. The number of ether oxygens (including phenoxy) is 4. The highest BCUT2D eigenvalue weighted by Crippen LogP contribution is 2.42. The molecule has 2 aromatic carbocycles. The van der Waals surface area contributed by atoms with Crippen molar-refractivity contribution in [1.82, 2.24) is 0 Å². The SMILES string of the molecule is CC(C)(C)OC(=O)Nc1cc(Oc2ccc(C(F)(F)F)cc2)cc2c1OCCO2. The van der Waals surface area contributed by atoms with E-state index in [1.165, 1.54) is 24.3 Å². The number of hydrogen-bond acceptors (Lipinski definition) is 5. The smallest absolute Gasteiger partial charge is 0.416 e. The highest BCUT2D eigenvalue weighted by Gasteiger charge is 2.30. The predicted molar refractivity (Wildman–Crippen MR) is 98.8 cm³/mol. The van der Waals surface area contributed by atoms with Crippen LogP contribution in [-0.2, 0) is 10.9 Å². The molecule has 29 heavy (non-hydrogen) atoms. The Balaban J connectivity index is 1.85. The van der Waals surface area contributed by atoms with Gasteiger partial charge in [0.15, 0.2) is 11.5 Å². The predicted octanol–water partition coefficient (Wildman–Crippen LogP) is 5.62. The fourth-order valence-electron chi connectivity index (χ4n) is 2.54. The van der Waals surface area contributed by atoms with Crippen LogP contribution in [0.4, 0.5) is 23.7 Å². The number of amides is 1. The summed E-state index contributed by atoms with van der Waals surface area (Å²) in [6.45, 7) is 5.79. The molecule has 0 saturated carbocycles. The number of benzene rings is 2. The van der Waals surface area contributed by atoms with Crippen molar-refractivity contribution in [3.05, 3.63) is 42.0 Å². The molecule has 6 nitrogen and oxygen atoms in total. The zero-order chi connectivity index (χ0) is 21.2. The Labute approximate surface area is 165 Å². The van der Waals surface area contributed by atoms with Gasteiger partial charge in [-0.3, -0.25) is 5.32 Å². The van der Waals surface area contributed by atoms with Crippen LogP contribution in [0.2, 0.25) is 0 Å². The summed E-state index contributed by atoms with van der Waals surface area (Å²) in [6.07, 6.45) is -5.12. The van der Waals surface area contributed by atoms with Gasteiger partial charge in [-0.2, -0.15) is 13.2 Å². The molecule has 2 aromatic rings. The van der Waals surface area contributed by atoms with E-state index in [4.69, 9.17) is 18.9 Å². The highest BCUT2D eigenvalue weighted by atomic mass is 19.4. The first-order valence-electron chi connectivity index (χ1n) is 8.80. The van der Waals surface area contributed by atoms with Crippen LogP contribution in [0, 0.1) is 0 Å². The minimum atomic E-state index is -4.43. The fourth-order valence-corrected chi connectivity index (χ4v) is 2.54. The summed E-state index contributed by atoms with van der Waals surface area (Å²) in [5.74, 6) is 1.10. The maximum Gasteiger partial charge on any atom is 0.416 e. The molecule has 1 amide bonds. The van der Waals surface area contributed by atoms with Crippen molar-refractivity contribution in [1.29, 1.82) is 0 Å². The molecule has 0 saturated heterocycles. The Morgan fingerprint density at radius 1 is 1.00 bits per heavy atom. The van der Waals surface area contributed by atoms with E-state index in [1.54, 1.807) is 20.8 Å². The van der Waals surface area contributed by atoms with Crippen LogP contribution < -0.4 is 19.5 Å². The number of carbonyl (C=O) groups excluding carboxylic acids is 1. The Morgan fingerprint density at radius 3 is 2.28 bits per heavy atom. The van der Waals surface area contributed by atoms with Gasteiger partial charge in [0.25, 0.3) is 0 Å². The van der Waals surface area contributed by atoms with Gasteiger partial charge in [-0.05, 0) is 45.0 Å². The van der Waals surface area contributed by atoms with Gasteiger partial charge in [-0.25, -0.2) is 4.79 Å². The highest BCUT2D eigenvalue weighted by molar-refractivity contribution is 5.88. The molecule has 0 spiro atoms. The summed E-state index contributed by atoms with van der Waals surface area (Å²) in [5.41, 5.74) is -1.21. The lowest BCUT2D eigenvalue weighted by molar-refractivity contribution is -0.137. The fraction of sp³-hybridized carbons (Fsp3) is 0.350. The second-order valence-corrected chi connectivity index (χ2v) is 7.25. The first-order chi connectivity index (χ1) is 13.5. The van der Waals surface area contributed by atoms with Crippen molar-refractivity contribution in [2.24, 2.45) is 0 Å². The van der Waals surface area contributed by atoms with Crippen molar-refractivity contribution < 1.29 is 36.9 Å². The first kappa shape index (κ1) is 20.6. The summed E-state index contributed by atoms with van der Waals surface area (Å²) < 4.78 is 60.1. The molecule has 156 valence electrons. The summed E-state index contributed by atoms with van der Waals surface area (Å²) in [5, 5.41) is 2.59. The molecule has 3 rings (SSSR count). The van der Waals surface area contributed by atoms with Crippen molar-refractivity contribution in [3.8, 4) is 23.0 Å². The lowest BCUT2D eigenvalue weighted by Crippen LogP contribution is -2.27. The summed E-state index contributed by atoms with van der Waals surface area (Å²) in [6, 6.07) is 7.28. The maximum absolute atomic E-state index is 12.7. The zero-order valence-electron chi connectivity index (χ0n) is 16.1. The molecule has 1 aliphatic heterocycles. The lowest BCUT2D eigenvalue weighted by Gasteiger charge is -2.24. The van der Waals surface area contributed by atoms with Crippen LogP contribution >= 0.6 is 0 Å². The van der Waals surface area contributed by atoms with Crippen molar-refractivity contribution >= 4 is 11.8 Å². The number of halogens is 3. The second kappa shape index (κ2) is 7.73. The van der Waals surface area contributed by atoms with E-state index < -0.39 is 23.4 Å².